The highest BCUT2D eigenvalue weighted by atomic mass is 127. The Kier molecular flexibility index (Phi) is 7.14. The van der Waals surface area contributed by atoms with Gasteiger partial charge in [0.1, 0.15) is 0 Å². The summed E-state index contributed by atoms with van der Waals surface area (Å²) in [6, 6.07) is 0.531. The summed E-state index contributed by atoms with van der Waals surface area (Å²) < 4.78 is 6.08. The molecule has 0 radical (unpaired) electrons. The minimum Gasteiger partial charge on any atom is -0.377 e. The van der Waals surface area contributed by atoms with Gasteiger partial charge in [0.05, 0.1) is 12.6 Å². The molecule has 1 amide bonds. The second kappa shape index (κ2) is 9.48. The quantitative estimate of drug-likeness (QED) is 0.341. The molecule has 0 aromatic carbocycles. The topological polar surface area (TPSA) is 60.4 Å². The van der Waals surface area contributed by atoms with Gasteiger partial charge in [0, 0.05) is 69.8 Å². The third-order valence-electron chi connectivity index (χ3n) is 8.12. The average Bonchev–Trinajstić information content (AvgIpc) is 3.36. The van der Waals surface area contributed by atoms with E-state index in [0.717, 1.165) is 71.2 Å². The molecule has 2 aliphatic carbocycles. The van der Waals surface area contributed by atoms with Crippen molar-refractivity contribution in [3.63, 3.8) is 0 Å². The first-order valence-electron chi connectivity index (χ1n) is 11.9. The lowest BCUT2D eigenvalue weighted by Gasteiger charge is -2.63. The van der Waals surface area contributed by atoms with Crippen LogP contribution in [0.15, 0.2) is 4.99 Å². The van der Waals surface area contributed by atoms with E-state index in [0.29, 0.717) is 35.9 Å². The molecule has 8 heteroatoms. The van der Waals surface area contributed by atoms with Gasteiger partial charge in [-0.15, -0.1) is 24.0 Å². The van der Waals surface area contributed by atoms with Gasteiger partial charge in [-0.3, -0.25) is 14.7 Å². The lowest BCUT2D eigenvalue weighted by molar-refractivity contribution is -0.171. The smallest absolute Gasteiger partial charge is 0.236 e. The van der Waals surface area contributed by atoms with E-state index in [4.69, 9.17) is 9.73 Å². The molecule has 3 heterocycles. The molecule has 30 heavy (non-hydrogen) atoms. The molecule has 0 aromatic rings. The van der Waals surface area contributed by atoms with Gasteiger partial charge < -0.3 is 19.9 Å². The van der Waals surface area contributed by atoms with Crippen LogP contribution in [-0.2, 0) is 9.53 Å². The van der Waals surface area contributed by atoms with Gasteiger partial charge in [0.25, 0.3) is 0 Å². The van der Waals surface area contributed by atoms with E-state index < -0.39 is 0 Å². The number of carbonyl (C=O) groups is 1. The van der Waals surface area contributed by atoms with Crippen LogP contribution in [-0.4, -0.2) is 97.7 Å². The Morgan fingerprint density at radius 2 is 1.80 bits per heavy atom. The molecule has 5 rings (SSSR count). The number of nitrogens with zero attached hydrogens (tertiary/aromatic N) is 4. The molecular formula is C22H38IN5O2. The molecule has 0 aromatic heterocycles. The first-order valence-corrected chi connectivity index (χ1v) is 11.9. The fourth-order valence-electron chi connectivity index (χ4n) is 6.36. The molecule has 2 saturated carbocycles. The van der Waals surface area contributed by atoms with Gasteiger partial charge in [-0.2, -0.15) is 0 Å². The number of likely N-dealkylation sites (tertiary alicyclic amines) is 1. The van der Waals surface area contributed by atoms with Gasteiger partial charge in [0.2, 0.25) is 5.91 Å². The van der Waals surface area contributed by atoms with E-state index in [1.165, 1.54) is 25.7 Å². The summed E-state index contributed by atoms with van der Waals surface area (Å²) in [6.45, 7) is 10.1. The monoisotopic (exact) mass is 531 g/mol. The Labute approximate surface area is 198 Å². The minimum absolute atomic E-state index is 0. The number of piperazine rings is 1. The van der Waals surface area contributed by atoms with Crippen LogP contribution in [0.2, 0.25) is 0 Å². The number of rotatable bonds is 4. The fraction of sp³-hybridized carbons (Fsp3) is 0.909. The van der Waals surface area contributed by atoms with Crippen molar-refractivity contribution in [1.82, 2.24) is 20.0 Å². The number of ether oxygens (including phenoxy) is 1. The second-order valence-corrected chi connectivity index (χ2v) is 9.60. The highest BCUT2D eigenvalue weighted by Gasteiger charge is 2.66. The standard InChI is InChI=1S/C22H37N5O2.HI/c1-2-23-21(24-19-17-6-15-29-20(17)22(19)7-5-8-22)27-13-11-25(12-14-27)16-18(28)26-9-3-4-10-26;/h17,19-20H,2-16H2,1H3,(H,23,24);1H. The van der Waals surface area contributed by atoms with E-state index in [2.05, 4.69) is 22.0 Å². The summed E-state index contributed by atoms with van der Waals surface area (Å²) >= 11 is 0. The Morgan fingerprint density at radius 3 is 2.43 bits per heavy atom. The van der Waals surface area contributed by atoms with Gasteiger partial charge in [-0.05, 0) is 39.0 Å². The molecule has 170 valence electrons. The van der Waals surface area contributed by atoms with E-state index >= 15 is 0 Å². The second-order valence-electron chi connectivity index (χ2n) is 9.60. The van der Waals surface area contributed by atoms with Crippen molar-refractivity contribution in [2.24, 2.45) is 16.3 Å². The molecule has 3 aliphatic heterocycles. The summed E-state index contributed by atoms with van der Waals surface area (Å²) in [6.07, 6.45) is 7.96. The SMILES string of the molecule is CCN=C(NC1C2CCOC2C12CCC2)N1CCN(CC(=O)N2CCCC2)CC1.I. The largest absolute Gasteiger partial charge is 0.377 e. The zero-order valence-electron chi connectivity index (χ0n) is 18.4. The van der Waals surface area contributed by atoms with Crippen molar-refractivity contribution >= 4 is 35.8 Å². The lowest BCUT2D eigenvalue weighted by atomic mass is 9.46. The van der Waals surface area contributed by atoms with Crippen LogP contribution in [0, 0.1) is 11.3 Å². The van der Waals surface area contributed by atoms with Crippen molar-refractivity contribution in [3.05, 3.63) is 0 Å². The van der Waals surface area contributed by atoms with Crippen LogP contribution in [0.1, 0.15) is 45.4 Å². The van der Waals surface area contributed by atoms with Crippen LogP contribution in [0.25, 0.3) is 0 Å². The number of carbonyl (C=O) groups excluding carboxylic acids is 1. The van der Waals surface area contributed by atoms with Crippen LogP contribution in [0.5, 0.6) is 0 Å². The maximum atomic E-state index is 12.5. The summed E-state index contributed by atoms with van der Waals surface area (Å²) in [5.41, 5.74) is 0.375. The van der Waals surface area contributed by atoms with E-state index in [9.17, 15) is 4.79 Å². The fourth-order valence-corrected chi connectivity index (χ4v) is 6.36. The molecule has 1 spiro atoms. The molecule has 0 bridgehead atoms. The third kappa shape index (κ3) is 3.96. The average molecular weight is 531 g/mol. The maximum absolute atomic E-state index is 12.5. The van der Waals surface area contributed by atoms with Crippen molar-refractivity contribution in [2.75, 3.05) is 59.0 Å². The van der Waals surface area contributed by atoms with Crippen molar-refractivity contribution in [3.8, 4) is 0 Å². The summed E-state index contributed by atoms with van der Waals surface area (Å²) in [7, 11) is 0. The zero-order valence-corrected chi connectivity index (χ0v) is 20.7. The van der Waals surface area contributed by atoms with Crippen LogP contribution in [0.3, 0.4) is 0 Å². The molecule has 1 N–H and O–H groups in total. The third-order valence-corrected chi connectivity index (χ3v) is 8.12. The van der Waals surface area contributed by atoms with Crippen molar-refractivity contribution < 1.29 is 9.53 Å². The Bertz CT molecular complexity index is 641. The minimum atomic E-state index is 0. The lowest BCUT2D eigenvalue weighted by Crippen LogP contribution is -2.73. The van der Waals surface area contributed by atoms with E-state index in [1.54, 1.807) is 0 Å². The number of fused-ring (bicyclic) bond motifs is 2. The predicted octanol–water partition coefficient (Wildman–Crippen LogP) is 1.77. The Morgan fingerprint density at radius 1 is 1.07 bits per heavy atom. The summed E-state index contributed by atoms with van der Waals surface area (Å²) in [5.74, 6) is 2.06. The Hall–Kier alpha value is -0.610. The number of hydrogen-bond donors (Lipinski definition) is 1. The Balaban J connectivity index is 0.00000218. The van der Waals surface area contributed by atoms with Crippen molar-refractivity contribution in [1.29, 1.82) is 0 Å². The van der Waals surface area contributed by atoms with Crippen LogP contribution < -0.4 is 5.32 Å². The van der Waals surface area contributed by atoms with Gasteiger partial charge >= 0.3 is 0 Å². The normalized spacial score (nSPS) is 33.0. The van der Waals surface area contributed by atoms with Gasteiger partial charge in [-0.1, -0.05) is 6.42 Å². The number of amides is 1. The van der Waals surface area contributed by atoms with Crippen molar-refractivity contribution in [2.45, 2.75) is 57.6 Å². The summed E-state index contributed by atoms with van der Waals surface area (Å²) in [5, 5.41) is 3.89. The highest BCUT2D eigenvalue weighted by Crippen LogP contribution is 2.62. The van der Waals surface area contributed by atoms with E-state index in [1.807, 2.05) is 4.90 Å². The molecule has 7 nitrogen and oxygen atoms in total. The number of halogens is 1. The first-order chi connectivity index (χ1) is 14.2. The zero-order chi connectivity index (χ0) is 19.8. The molecule has 3 atom stereocenters. The van der Waals surface area contributed by atoms with Gasteiger partial charge in [0.15, 0.2) is 5.96 Å². The molecule has 3 saturated heterocycles. The maximum Gasteiger partial charge on any atom is 0.236 e. The molecular weight excluding hydrogens is 493 g/mol. The van der Waals surface area contributed by atoms with Gasteiger partial charge in [-0.25, -0.2) is 0 Å². The van der Waals surface area contributed by atoms with E-state index in [-0.39, 0.29) is 24.0 Å². The molecule has 5 fully saturated rings. The first kappa shape index (κ1) is 22.6. The summed E-state index contributed by atoms with van der Waals surface area (Å²) in [4.78, 5) is 24.1. The van der Waals surface area contributed by atoms with Crippen LogP contribution in [0.4, 0.5) is 0 Å². The number of nitrogens with one attached hydrogen (secondary N) is 1. The molecule has 5 aliphatic rings. The molecule has 3 unspecified atom stereocenters. The number of aliphatic imine (C=N–C) groups is 1. The van der Waals surface area contributed by atoms with Crippen LogP contribution >= 0.6 is 24.0 Å². The highest BCUT2D eigenvalue weighted by molar-refractivity contribution is 14.0. The number of hydrogen-bond acceptors (Lipinski definition) is 4. The predicted molar refractivity (Wildman–Crippen MR) is 128 cm³/mol. The number of guanidine groups is 1.